The number of hydrogen-bond acceptors (Lipinski definition) is 5. The Kier molecular flexibility index (Phi) is 5.93. The minimum absolute atomic E-state index is 0.00746. The van der Waals surface area contributed by atoms with Crippen LogP contribution in [0.2, 0.25) is 5.02 Å². The van der Waals surface area contributed by atoms with Gasteiger partial charge >= 0.3 is 0 Å². The third kappa shape index (κ3) is 4.71. The number of benzene rings is 1. The summed E-state index contributed by atoms with van der Waals surface area (Å²) in [5, 5.41) is 1.40. The molecule has 1 fully saturated rings. The average molecular weight is 377 g/mol. The summed E-state index contributed by atoms with van der Waals surface area (Å²) < 4.78 is 0. The third-order valence-electron chi connectivity index (χ3n) is 4.21. The summed E-state index contributed by atoms with van der Waals surface area (Å²) in [4.78, 5) is 25.6. The summed E-state index contributed by atoms with van der Waals surface area (Å²) in [6, 6.07) is 9.69. The van der Waals surface area contributed by atoms with Crippen LogP contribution in [-0.2, 0) is 6.54 Å². The molecule has 0 bridgehead atoms. The zero-order chi connectivity index (χ0) is 17.8. The molecule has 1 aliphatic rings. The van der Waals surface area contributed by atoms with E-state index in [0.29, 0.717) is 23.9 Å². The molecular formula is C18H21ClN4OS. The number of carbonyl (C=O) groups is 1. The first-order chi connectivity index (χ1) is 12.0. The molecule has 2 heterocycles. The molecule has 1 saturated heterocycles. The Morgan fingerprint density at radius 1 is 1.16 bits per heavy atom. The molecule has 0 radical (unpaired) electrons. The van der Waals surface area contributed by atoms with E-state index in [1.807, 2.05) is 42.3 Å². The van der Waals surface area contributed by atoms with Crippen molar-refractivity contribution in [3.05, 3.63) is 52.3 Å². The number of thioether (sulfide) groups is 1. The highest BCUT2D eigenvalue weighted by molar-refractivity contribution is 7.98. The van der Waals surface area contributed by atoms with Crippen molar-refractivity contribution in [1.82, 2.24) is 19.8 Å². The van der Waals surface area contributed by atoms with Crippen LogP contribution in [0.25, 0.3) is 0 Å². The van der Waals surface area contributed by atoms with Gasteiger partial charge in [-0.3, -0.25) is 9.69 Å². The van der Waals surface area contributed by atoms with Crippen molar-refractivity contribution in [1.29, 1.82) is 0 Å². The Bertz CT molecular complexity index is 745. The molecule has 132 valence electrons. The standard InChI is InChI=1S/C18H21ClN4OS/c1-13-11-16(21-18(20-13)25-2)17(24)23-9-7-22(8-10-23)12-14-3-5-15(19)6-4-14/h3-6,11H,7-10,12H2,1-2H3. The molecule has 1 aromatic carbocycles. The van der Waals surface area contributed by atoms with Gasteiger partial charge in [-0.15, -0.1) is 0 Å². The van der Waals surface area contributed by atoms with Gasteiger partial charge in [-0.1, -0.05) is 35.5 Å². The number of rotatable bonds is 4. The van der Waals surface area contributed by atoms with Gasteiger partial charge in [0.25, 0.3) is 5.91 Å². The summed E-state index contributed by atoms with van der Waals surface area (Å²) >= 11 is 7.38. The number of nitrogens with zero attached hydrogens (tertiary/aromatic N) is 4. The van der Waals surface area contributed by atoms with Crippen molar-refractivity contribution in [2.75, 3.05) is 32.4 Å². The largest absolute Gasteiger partial charge is 0.335 e. The molecule has 0 N–H and O–H groups in total. The van der Waals surface area contributed by atoms with Gasteiger partial charge in [-0.25, -0.2) is 9.97 Å². The van der Waals surface area contributed by atoms with Crippen LogP contribution in [0.3, 0.4) is 0 Å². The first-order valence-corrected chi connectivity index (χ1v) is 9.81. The number of aryl methyl sites for hydroxylation is 1. The molecule has 25 heavy (non-hydrogen) atoms. The predicted octanol–water partition coefficient (Wildman–Crippen LogP) is 3.12. The topological polar surface area (TPSA) is 49.3 Å². The summed E-state index contributed by atoms with van der Waals surface area (Å²) in [6.07, 6.45) is 1.92. The second-order valence-corrected chi connectivity index (χ2v) is 7.29. The van der Waals surface area contributed by atoms with Gasteiger partial charge < -0.3 is 4.90 Å². The SMILES string of the molecule is CSc1nc(C)cc(C(=O)N2CCN(Cc3ccc(Cl)cc3)CC2)n1. The Balaban J connectivity index is 1.59. The summed E-state index contributed by atoms with van der Waals surface area (Å²) in [6.45, 7) is 5.90. The number of halogens is 1. The number of carbonyl (C=O) groups excluding carboxylic acids is 1. The fraction of sp³-hybridized carbons (Fsp3) is 0.389. The maximum absolute atomic E-state index is 12.7. The normalized spacial score (nSPS) is 15.4. The van der Waals surface area contributed by atoms with Crippen molar-refractivity contribution in [2.45, 2.75) is 18.6 Å². The predicted molar refractivity (Wildman–Crippen MR) is 101 cm³/mol. The average Bonchev–Trinajstić information content (AvgIpc) is 2.63. The summed E-state index contributed by atoms with van der Waals surface area (Å²) in [7, 11) is 0. The summed E-state index contributed by atoms with van der Waals surface area (Å²) in [5.74, 6) is -0.00746. The van der Waals surface area contributed by atoms with Crippen LogP contribution in [0.1, 0.15) is 21.7 Å². The molecule has 5 nitrogen and oxygen atoms in total. The van der Waals surface area contributed by atoms with Crippen LogP contribution in [0.5, 0.6) is 0 Å². The second-order valence-electron chi connectivity index (χ2n) is 6.08. The van der Waals surface area contributed by atoms with E-state index in [4.69, 9.17) is 11.6 Å². The lowest BCUT2D eigenvalue weighted by molar-refractivity contribution is 0.0621. The third-order valence-corrected chi connectivity index (χ3v) is 5.01. The van der Waals surface area contributed by atoms with Crippen LogP contribution in [-0.4, -0.2) is 58.1 Å². The lowest BCUT2D eigenvalue weighted by Gasteiger charge is -2.34. The van der Waals surface area contributed by atoms with E-state index >= 15 is 0 Å². The molecule has 7 heteroatoms. The zero-order valence-electron chi connectivity index (χ0n) is 14.4. The highest BCUT2D eigenvalue weighted by Crippen LogP contribution is 2.15. The Morgan fingerprint density at radius 2 is 1.84 bits per heavy atom. The van der Waals surface area contributed by atoms with Crippen LogP contribution >= 0.6 is 23.4 Å². The maximum Gasteiger partial charge on any atom is 0.272 e. The quantitative estimate of drug-likeness (QED) is 0.606. The molecule has 2 aromatic rings. The Hall–Kier alpha value is -1.63. The second kappa shape index (κ2) is 8.17. The van der Waals surface area contributed by atoms with Crippen molar-refractivity contribution in [2.24, 2.45) is 0 Å². The van der Waals surface area contributed by atoms with Gasteiger partial charge in [0, 0.05) is 43.4 Å². The van der Waals surface area contributed by atoms with E-state index < -0.39 is 0 Å². The Labute approximate surface area is 157 Å². The van der Waals surface area contributed by atoms with E-state index in [1.165, 1.54) is 17.3 Å². The fourth-order valence-corrected chi connectivity index (χ4v) is 3.41. The van der Waals surface area contributed by atoms with Crippen LogP contribution in [0.15, 0.2) is 35.5 Å². The monoisotopic (exact) mass is 376 g/mol. The molecule has 1 aliphatic heterocycles. The van der Waals surface area contributed by atoms with Gasteiger partial charge in [0.15, 0.2) is 5.16 Å². The van der Waals surface area contributed by atoms with Crippen LogP contribution in [0, 0.1) is 6.92 Å². The summed E-state index contributed by atoms with van der Waals surface area (Å²) in [5.41, 5.74) is 2.55. The minimum Gasteiger partial charge on any atom is -0.335 e. The highest BCUT2D eigenvalue weighted by Gasteiger charge is 2.23. The number of aromatic nitrogens is 2. The first-order valence-electron chi connectivity index (χ1n) is 8.21. The zero-order valence-corrected chi connectivity index (χ0v) is 16.0. The molecule has 0 aliphatic carbocycles. The van der Waals surface area contributed by atoms with E-state index in [0.717, 1.165) is 30.4 Å². The van der Waals surface area contributed by atoms with Gasteiger partial charge in [0.05, 0.1) is 0 Å². The van der Waals surface area contributed by atoms with Crippen LogP contribution in [0.4, 0.5) is 0 Å². The van der Waals surface area contributed by atoms with E-state index in [2.05, 4.69) is 14.9 Å². The molecule has 0 spiro atoms. The van der Waals surface area contributed by atoms with Crippen molar-refractivity contribution in [3.8, 4) is 0 Å². The number of hydrogen-bond donors (Lipinski definition) is 0. The van der Waals surface area contributed by atoms with Crippen molar-refractivity contribution < 1.29 is 4.79 Å². The van der Waals surface area contributed by atoms with E-state index in [1.54, 1.807) is 6.07 Å². The minimum atomic E-state index is -0.00746. The number of amides is 1. The van der Waals surface area contributed by atoms with Gasteiger partial charge in [0.2, 0.25) is 0 Å². The molecule has 0 unspecified atom stereocenters. The molecular weight excluding hydrogens is 356 g/mol. The van der Waals surface area contributed by atoms with Crippen molar-refractivity contribution in [3.63, 3.8) is 0 Å². The molecule has 0 atom stereocenters. The number of piperazine rings is 1. The maximum atomic E-state index is 12.7. The highest BCUT2D eigenvalue weighted by atomic mass is 35.5. The van der Waals surface area contributed by atoms with Crippen LogP contribution < -0.4 is 0 Å². The van der Waals surface area contributed by atoms with Gasteiger partial charge in [0.1, 0.15) is 5.69 Å². The van der Waals surface area contributed by atoms with Gasteiger partial charge in [-0.2, -0.15) is 0 Å². The van der Waals surface area contributed by atoms with Gasteiger partial charge in [-0.05, 0) is 36.9 Å². The molecule has 3 rings (SSSR count). The first kappa shape index (κ1) is 18.2. The Morgan fingerprint density at radius 3 is 2.48 bits per heavy atom. The lowest BCUT2D eigenvalue weighted by atomic mass is 10.2. The lowest BCUT2D eigenvalue weighted by Crippen LogP contribution is -2.48. The van der Waals surface area contributed by atoms with E-state index in [9.17, 15) is 4.79 Å². The molecule has 1 aromatic heterocycles. The fourth-order valence-electron chi connectivity index (χ4n) is 2.86. The smallest absolute Gasteiger partial charge is 0.272 e. The van der Waals surface area contributed by atoms with Crippen molar-refractivity contribution >= 4 is 29.3 Å². The molecule has 0 saturated carbocycles. The van der Waals surface area contributed by atoms with E-state index in [-0.39, 0.29) is 5.91 Å². The molecule has 1 amide bonds.